The number of hydrogen-bond donors (Lipinski definition) is 4. The summed E-state index contributed by atoms with van der Waals surface area (Å²) >= 11 is 0. The van der Waals surface area contributed by atoms with Crippen LogP contribution >= 0.6 is 0 Å². The first-order valence-electron chi connectivity index (χ1n) is 13.1. The van der Waals surface area contributed by atoms with Gasteiger partial charge in [-0.15, -0.1) is 0 Å². The molecule has 4 rings (SSSR count). The van der Waals surface area contributed by atoms with Crippen molar-refractivity contribution in [3.05, 3.63) is 35.5 Å². The molecule has 1 saturated heterocycles. The van der Waals surface area contributed by atoms with Crippen molar-refractivity contribution in [2.24, 2.45) is 0 Å². The number of piperazine rings is 1. The van der Waals surface area contributed by atoms with Crippen molar-refractivity contribution in [1.82, 2.24) is 29.5 Å². The van der Waals surface area contributed by atoms with Gasteiger partial charge in [-0.25, -0.2) is 4.98 Å². The van der Waals surface area contributed by atoms with Gasteiger partial charge >= 0.3 is 0 Å². The highest BCUT2D eigenvalue weighted by atomic mass is 16.5. The number of aliphatic hydroxyl groups is 2. The van der Waals surface area contributed by atoms with E-state index in [0.29, 0.717) is 24.3 Å². The molecule has 5 N–H and O–H groups in total. The van der Waals surface area contributed by atoms with Gasteiger partial charge < -0.3 is 26.0 Å². The van der Waals surface area contributed by atoms with E-state index in [-0.39, 0.29) is 25.2 Å². The van der Waals surface area contributed by atoms with Crippen molar-refractivity contribution < 1.29 is 14.9 Å². The van der Waals surface area contributed by atoms with Crippen LogP contribution in [0, 0.1) is 0 Å². The highest BCUT2D eigenvalue weighted by Gasteiger charge is 2.19. The molecule has 0 spiro atoms. The minimum absolute atomic E-state index is 0.0755. The average molecular weight is 513 g/mol. The molecule has 202 valence electrons. The summed E-state index contributed by atoms with van der Waals surface area (Å²) in [5.41, 5.74) is 9.69. The molecule has 0 radical (unpaired) electrons. The SMILES string of the molecule is CCC[C@@H](CCO)Nc1nc(N)nc2cnn(Cc3cc(CN4CCN(CCO)CC4)ccc3OC)c12. The van der Waals surface area contributed by atoms with Crippen LogP contribution in [-0.2, 0) is 13.1 Å². The molecule has 1 aliphatic rings. The third-order valence-electron chi connectivity index (χ3n) is 6.91. The Hall–Kier alpha value is -2.99. The number of aromatic nitrogens is 4. The van der Waals surface area contributed by atoms with Crippen molar-refractivity contribution in [3.63, 3.8) is 0 Å². The van der Waals surface area contributed by atoms with Gasteiger partial charge in [0, 0.05) is 57.5 Å². The fraction of sp³-hybridized carbons (Fsp3) is 0.577. The van der Waals surface area contributed by atoms with Crippen LogP contribution in [0.4, 0.5) is 11.8 Å². The smallest absolute Gasteiger partial charge is 0.222 e. The Kier molecular flexibility index (Phi) is 9.51. The highest BCUT2D eigenvalue weighted by Crippen LogP contribution is 2.27. The third-order valence-corrected chi connectivity index (χ3v) is 6.91. The second-order valence-corrected chi connectivity index (χ2v) is 9.60. The maximum absolute atomic E-state index is 9.51. The number of nitrogens with one attached hydrogen (secondary N) is 1. The minimum Gasteiger partial charge on any atom is -0.496 e. The molecule has 11 heteroatoms. The van der Waals surface area contributed by atoms with Gasteiger partial charge in [-0.05, 0) is 30.5 Å². The number of methoxy groups -OCH3 is 1. The zero-order valence-corrected chi connectivity index (χ0v) is 21.9. The van der Waals surface area contributed by atoms with Gasteiger partial charge in [0.15, 0.2) is 5.82 Å². The van der Waals surface area contributed by atoms with Crippen molar-refractivity contribution in [2.45, 2.75) is 45.3 Å². The largest absolute Gasteiger partial charge is 0.496 e. The molecule has 37 heavy (non-hydrogen) atoms. The summed E-state index contributed by atoms with van der Waals surface area (Å²) in [6, 6.07) is 6.39. The maximum atomic E-state index is 9.51. The summed E-state index contributed by atoms with van der Waals surface area (Å²) in [5.74, 6) is 1.62. The zero-order chi connectivity index (χ0) is 26.2. The molecule has 1 aromatic carbocycles. The summed E-state index contributed by atoms with van der Waals surface area (Å²) in [6.45, 7) is 8.41. The average Bonchev–Trinajstić information content (AvgIpc) is 3.28. The van der Waals surface area contributed by atoms with Crippen LogP contribution in [0.15, 0.2) is 24.4 Å². The Morgan fingerprint density at radius 1 is 1.05 bits per heavy atom. The van der Waals surface area contributed by atoms with Crippen LogP contribution in [0.1, 0.15) is 37.3 Å². The molecule has 0 saturated carbocycles. The Labute approximate surface area is 218 Å². The molecule has 3 aromatic rings. The van der Waals surface area contributed by atoms with Crippen LogP contribution in [0.5, 0.6) is 5.75 Å². The molecule has 0 unspecified atom stereocenters. The maximum Gasteiger partial charge on any atom is 0.222 e. The molecule has 11 nitrogen and oxygen atoms in total. The van der Waals surface area contributed by atoms with E-state index >= 15 is 0 Å². The summed E-state index contributed by atoms with van der Waals surface area (Å²) in [6.07, 6.45) is 4.23. The number of ether oxygens (including phenoxy) is 1. The predicted molar refractivity (Wildman–Crippen MR) is 145 cm³/mol. The van der Waals surface area contributed by atoms with Crippen LogP contribution in [0.2, 0.25) is 0 Å². The van der Waals surface area contributed by atoms with Crippen LogP contribution in [0.25, 0.3) is 11.0 Å². The van der Waals surface area contributed by atoms with Gasteiger partial charge in [0.25, 0.3) is 0 Å². The number of hydrogen-bond acceptors (Lipinski definition) is 10. The number of nitrogen functional groups attached to an aromatic ring is 1. The van der Waals surface area contributed by atoms with Gasteiger partial charge in [-0.2, -0.15) is 10.1 Å². The first-order valence-corrected chi connectivity index (χ1v) is 13.1. The molecule has 1 atom stereocenters. The van der Waals surface area contributed by atoms with E-state index in [2.05, 4.69) is 49.2 Å². The molecule has 0 bridgehead atoms. The Morgan fingerprint density at radius 2 is 1.84 bits per heavy atom. The van der Waals surface area contributed by atoms with Crippen molar-refractivity contribution in [3.8, 4) is 5.75 Å². The minimum atomic E-state index is 0.0755. The number of β-amino-alcohol motifs (C(OH)–C–C–N with tert-alkyl or cyclic N) is 1. The van der Waals surface area contributed by atoms with E-state index in [4.69, 9.17) is 10.5 Å². The Bertz CT molecular complexity index is 1140. The number of benzene rings is 1. The standard InChI is InChI=1S/C26H40N8O3/c1-3-4-21(7-13-35)29-25-24-22(30-26(27)31-25)16-28-34(24)18-20-15-19(5-6-23(20)37-2)17-33-10-8-32(9-11-33)12-14-36/h5-6,15-16,21,35-36H,3-4,7-14,17-18H2,1-2H3,(H3,27,29,30,31)/t21-/m0/s1. The van der Waals surface area contributed by atoms with Gasteiger partial charge in [-0.3, -0.25) is 14.5 Å². The molecule has 0 aliphatic carbocycles. The van der Waals surface area contributed by atoms with E-state index in [1.807, 2.05) is 10.7 Å². The van der Waals surface area contributed by atoms with Gasteiger partial charge in [-0.1, -0.05) is 19.4 Å². The molecule has 3 heterocycles. The number of aliphatic hydroxyl groups excluding tert-OH is 2. The monoisotopic (exact) mass is 512 g/mol. The van der Waals surface area contributed by atoms with E-state index < -0.39 is 0 Å². The number of rotatable bonds is 13. The fourth-order valence-electron chi connectivity index (χ4n) is 5.01. The topological polar surface area (TPSA) is 138 Å². The van der Waals surface area contributed by atoms with E-state index in [0.717, 1.165) is 68.9 Å². The first-order chi connectivity index (χ1) is 18.0. The van der Waals surface area contributed by atoms with Gasteiger partial charge in [0.1, 0.15) is 16.8 Å². The summed E-state index contributed by atoms with van der Waals surface area (Å²) in [5, 5.41) is 26.8. The molecule has 1 fully saturated rings. The molecule has 1 aliphatic heterocycles. The van der Waals surface area contributed by atoms with Crippen molar-refractivity contribution >= 4 is 22.8 Å². The second kappa shape index (κ2) is 13.0. The second-order valence-electron chi connectivity index (χ2n) is 9.60. The lowest BCUT2D eigenvalue weighted by molar-refractivity contribution is 0.108. The number of nitrogens with two attached hydrogens (primary N) is 1. The lowest BCUT2D eigenvalue weighted by Crippen LogP contribution is -2.46. The summed E-state index contributed by atoms with van der Waals surface area (Å²) in [7, 11) is 1.68. The third kappa shape index (κ3) is 6.86. The Balaban J connectivity index is 1.57. The zero-order valence-electron chi connectivity index (χ0n) is 21.9. The summed E-state index contributed by atoms with van der Waals surface area (Å²) in [4.78, 5) is 13.6. The molecule has 0 amide bonds. The molecular weight excluding hydrogens is 472 g/mol. The van der Waals surface area contributed by atoms with Gasteiger partial charge in [0.2, 0.25) is 5.95 Å². The lowest BCUT2D eigenvalue weighted by Gasteiger charge is -2.34. The lowest BCUT2D eigenvalue weighted by atomic mass is 10.1. The normalized spacial score (nSPS) is 15.8. The van der Waals surface area contributed by atoms with Crippen molar-refractivity contribution in [2.75, 3.05) is 64.1 Å². The van der Waals surface area contributed by atoms with E-state index in [1.54, 1.807) is 13.3 Å². The molecular formula is C26H40N8O3. The van der Waals surface area contributed by atoms with E-state index in [1.165, 1.54) is 5.56 Å². The van der Waals surface area contributed by atoms with Crippen molar-refractivity contribution in [1.29, 1.82) is 0 Å². The number of fused-ring (bicyclic) bond motifs is 1. The van der Waals surface area contributed by atoms with E-state index in [9.17, 15) is 10.2 Å². The highest BCUT2D eigenvalue weighted by molar-refractivity contribution is 5.86. The fourth-order valence-corrected chi connectivity index (χ4v) is 5.01. The first kappa shape index (κ1) is 27.1. The van der Waals surface area contributed by atoms with Crippen LogP contribution in [0.3, 0.4) is 0 Å². The quantitative estimate of drug-likeness (QED) is 0.267. The number of nitrogens with zero attached hydrogens (tertiary/aromatic N) is 6. The summed E-state index contributed by atoms with van der Waals surface area (Å²) < 4.78 is 7.57. The predicted octanol–water partition coefficient (Wildman–Crippen LogP) is 1.54. The Morgan fingerprint density at radius 3 is 2.54 bits per heavy atom. The van der Waals surface area contributed by atoms with Crippen LogP contribution in [-0.4, -0.2) is 98.9 Å². The number of anilines is 2. The molecule has 2 aromatic heterocycles. The van der Waals surface area contributed by atoms with Gasteiger partial charge in [0.05, 0.1) is 26.5 Å². The van der Waals surface area contributed by atoms with Crippen LogP contribution < -0.4 is 15.8 Å².